The van der Waals surface area contributed by atoms with Gasteiger partial charge in [0, 0.05) is 37.6 Å². The highest BCUT2D eigenvalue weighted by molar-refractivity contribution is 7.99. The maximum absolute atomic E-state index is 12.7. The van der Waals surface area contributed by atoms with Crippen LogP contribution >= 0.6 is 11.8 Å². The molecule has 5 rings (SSSR count). The number of nitrogens with zero attached hydrogens (tertiary/aromatic N) is 5. The number of hydrogen-bond donors (Lipinski definition) is 1. The number of carbonyl (C=O) groups excluding carboxylic acids is 1. The molecule has 1 amide bonds. The predicted octanol–water partition coefficient (Wildman–Crippen LogP) is 3.88. The van der Waals surface area contributed by atoms with Crippen molar-refractivity contribution in [1.29, 1.82) is 0 Å². The van der Waals surface area contributed by atoms with E-state index in [1.54, 1.807) is 0 Å². The number of anilines is 3. The SMILES string of the molecule is O=C(CSc1nnc(N2CCOCC2)n1Cc1ccccc1)Nc1ccc(N2CCCCC2)cc1. The zero-order valence-corrected chi connectivity index (χ0v) is 20.8. The summed E-state index contributed by atoms with van der Waals surface area (Å²) in [7, 11) is 0. The molecule has 0 aliphatic carbocycles. The Bertz CT molecular complexity index is 1090. The summed E-state index contributed by atoms with van der Waals surface area (Å²) in [4.78, 5) is 17.3. The van der Waals surface area contributed by atoms with Gasteiger partial charge >= 0.3 is 0 Å². The van der Waals surface area contributed by atoms with Gasteiger partial charge in [-0.05, 0) is 49.1 Å². The van der Waals surface area contributed by atoms with Crippen LogP contribution in [0.2, 0.25) is 0 Å². The van der Waals surface area contributed by atoms with Crippen molar-refractivity contribution in [2.24, 2.45) is 0 Å². The molecule has 0 saturated carbocycles. The summed E-state index contributed by atoms with van der Waals surface area (Å²) in [5.41, 5.74) is 3.21. The van der Waals surface area contributed by atoms with Crippen LogP contribution in [0.15, 0.2) is 59.8 Å². The molecule has 2 aromatic carbocycles. The third kappa shape index (κ3) is 6.15. The Labute approximate surface area is 210 Å². The monoisotopic (exact) mass is 492 g/mol. The highest BCUT2D eigenvalue weighted by atomic mass is 32.2. The van der Waals surface area contributed by atoms with Crippen molar-refractivity contribution in [3.63, 3.8) is 0 Å². The van der Waals surface area contributed by atoms with Crippen LogP contribution < -0.4 is 15.1 Å². The molecule has 184 valence electrons. The van der Waals surface area contributed by atoms with Crippen LogP contribution in [0, 0.1) is 0 Å². The summed E-state index contributed by atoms with van der Waals surface area (Å²) in [5, 5.41) is 12.7. The van der Waals surface area contributed by atoms with E-state index in [-0.39, 0.29) is 11.7 Å². The van der Waals surface area contributed by atoms with Gasteiger partial charge in [0.25, 0.3) is 0 Å². The highest BCUT2D eigenvalue weighted by Crippen LogP contribution is 2.25. The topological polar surface area (TPSA) is 75.5 Å². The molecule has 0 radical (unpaired) electrons. The number of piperidine rings is 1. The van der Waals surface area contributed by atoms with Crippen molar-refractivity contribution in [2.75, 3.05) is 60.3 Å². The number of nitrogens with one attached hydrogen (secondary N) is 1. The summed E-state index contributed by atoms with van der Waals surface area (Å²) in [6.45, 7) is 5.80. The third-order valence-corrected chi connectivity index (χ3v) is 7.35. The highest BCUT2D eigenvalue weighted by Gasteiger charge is 2.21. The van der Waals surface area contributed by atoms with Crippen molar-refractivity contribution in [2.45, 2.75) is 31.0 Å². The van der Waals surface area contributed by atoms with Crippen LogP contribution in [0.4, 0.5) is 17.3 Å². The first kappa shape index (κ1) is 23.7. The Kier molecular flexibility index (Phi) is 7.85. The number of carbonyl (C=O) groups is 1. The summed E-state index contributed by atoms with van der Waals surface area (Å²) < 4.78 is 7.61. The van der Waals surface area contributed by atoms with Gasteiger partial charge in [-0.2, -0.15) is 0 Å². The van der Waals surface area contributed by atoms with Crippen LogP contribution in [0.1, 0.15) is 24.8 Å². The molecule has 2 aliphatic rings. The fourth-order valence-electron chi connectivity index (χ4n) is 4.52. The second kappa shape index (κ2) is 11.6. The van der Waals surface area contributed by atoms with E-state index in [0.717, 1.165) is 43.0 Å². The number of morpholine rings is 1. The number of thioether (sulfide) groups is 1. The maximum Gasteiger partial charge on any atom is 0.234 e. The fourth-order valence-corrected chi connectivity index (χ4v) is 5.26. The number of aromatic nitrogens is 3. The summed E-state index contributed by atoms with van der Waals surface area (Å²) in [5.74, 6) is 1.04. The van der Waals surface area contributed by atoms with Crippen LogP contribution in [0.5, 0.6) is 0 Å². The van der Waals surface area contributed by atoms with Crippen LogP contribution in [0.3, 0.4) is 0 Å². The van der Waals surface area contributed by atoms with E-state index < -0.39 is 0 Å². The second-order valence-corrected chi connectivity index (χ2v) is 9.83. The average molecular weight is 493 g/mol. The van der Waals surface area contributed by atoms with Gasteiger partial charge in [0.2, 0.25) is 11.9 Å². The molecule has 2 aliphatic heterocycles. The molecular weight excluding hydrogens is 460 g/mol. The van der Waals surface area contributed by atoms with E-state index in [9.17, 15) is 4.79 Å². The lowest BCUT2D eigenvalue weighted by Gasteiger charge is -2.28. The number of benzene rings is 2. The molecule has 9 heteroatoms. The Morgan fingerprint density at radius 2 is 1.63 bits per heavy atom. The smallest absolute Gasteiger partial charge is 0.234 e. The molecule has 0 spiro atoms. The van der Waals surface area contributed by atoms with Gasteiger partial charge in [-0.1, -0.05) is 42.1 Å². The van der Waals surface area contributed by atoms with E-state index in [4.69, 9.17) is 4.74 Å². The number of amides is 1. The second-order valence-electron chi connectivity index (χ2n) is 8.89. The minimum Gasteiger partial charge on any atom is -0.378 e. The normalized spacial score (nSPS) is 16.3. The van der Waals surface area contributed by atoms with Gasteiger partial charge in [0.1, 0.15) is 0 Å². The minimum atomic E-state index is -0.0529. The van der Waals surface area contributed by atoms with E-state index in [1.807, 2.05) is 30.3 Å². The number of ether oxygens (including phenoxy) is 1. The lowest BCUT2D eigenvalue weighted by Crippen LogP contribution is -2.38. The standard InChI is InChI=1S/C26H32N6O2S/c33-24(27-22-9-11-23(12-10-22)30-13-5-2-6-14-30)20-35-26-29-28-25(31-15-17-34-18-16-31)32(26)19-21-7-3-1-4-8-21/h1,3-4,7-12H,2,5-6,13-20H2,(H,27,33). The van der Waals surface area contributed by atoms with E-state index in [0.29, 0.717) is 19.8 Å². The molecule has 8 nitrogen and oxygen atoms in total. The molecule has 2 saturated heterocycles. The van der Waals surface area contributed by atoms with Crippen LogP contribution in [-0.4, -0.2) is 65.8 Å². The van der Waals surface area contributed by atoms with Crippen LogP contribution in [0.25, 0.3) is 0 Å². The van der Waals surface area contributed by atoms with Gasteiger partial charge in [-0.25, -0.2) is 0 Å². The minimum absolute atomic E-state index is 0.0529. The van der Waals surface area contributed by atoms with Crippen LogP contribution in [-0.2, 0) is 16.1 Å². The number of hydrogen-bond acceptors (Lipinski definition) is 7. The summed E-state index contributed by atoms with van der Waals surface area (Å²) >= 11 is 1.42. The maximum atomic E-state index is 12.7. The zero-order valence-electron chi connectivity index (χ0n) is 19.9. The first-order chi connectivity index (χ1) is 17.3. The molecule has 0 unspecified atom stereocenters. The third-order valence-electron chi connectivity index (χ3n) is 6.38. The van der Waals surface area contributed by atoms with Crippen molar-refractivity contribution < 1.29 is 9.53 Å². The Morgan fingerprint density at radius 3 is 2.37 bits per heavy atom. The first-order valence-corrected chi connectivity index (χ1v) is 13.3. The van der Waals surface area contributed by atoms with E-state index in [1.165, 1.54) is 42.3 Å². The first-order valence-electron chi connectivity index (χ1n) is 12.3. The fraction of sp³-hybridized carbons (Fsp3) is 0.423. The lowest BCUT2D eigenvalue weighted by molar-refractivity contribution is -0.113. The molecule has 1 aromatic heterocycles. The molecule has 3 heterocycles. The Hall–Kier alpha value is -3.04. The Morgan fingerprint density at radius 1 is 0.886 bits per heavy atom. The van der Waals surface area contributed by atoms with Crippen molar-refractivity contribution in [3.8, 4) is 0 Å². The lowest BCUT2D eigenvalue weighted by atomic mass is 10.1. The van der Waals surface area contributed by atoms with Crippen molar-refractivity contribution in [1.82, 2.24) is 14.8 Å². The van der Waals surface area contributed by atoms with Gasteiger partial charge < -0.3 is 19.9 Å². The molecule has 0 bridgehead atoms. The molecular formula is C26H32N6O2S. The van der Waals surface area contributed by atoms with Gasteiger partial charge in [-0.3, -0.25) is 9.36 Å². The molecule has 2 fully saturated rings. The zero-order chi connectivity index (χ0) is 23.9. The Balaban J connectivity index is 1.23. The largest absolute Gasteiger partial charge is 0.378 e. The van der Waals surface area contributed by atoms with Crippen molar-refractivity contribution in [3.05, 3.63) is 60.2 Å². The van der Waals surface area contributed by atoms with Gasteiger partial charge in [0.15, 0.2) is 5.16 Å². The quantitative estimate of drug-likeness (QED) is 0.478. The molecule has 3 aromatic rings. The van der Waals surface area contributed by atoms with Crippen molar-refractivity contribution >= 4 is 35.0 Å². The molecule has 1 N–H and O–H groups in total. The summed E-state index contributed by atoms with van der Waals surface area (Å²) in [6.07, 6.45) is 3.81. The van der Waals surface area contributed by atoms with E-state index >= 15 is 0 Å². The van der Waals surface area contributed by atoms with E-state index in [2.05, 4.69) is 54.1 Å². The molecule has 35 heavy (non-hydrogen) atoms. The average Bonchev–Trinajstić information content (AvgIpc) is 3.32. The predicted molar refractivity (Wildman–Crippen MR) is 140 cm³/mol. The summed E-state index contributed by atoms with van der Waals surface area (Å²) in [6, 6.07) is 18.4. The molecule has 0 atom stereocenters. The van der Waals surface area contributed by atoms with Gasteiger partial charge in [-0.15, -0.1) is 10.2 Å². The number of rotatable bonds is 8. The van der Waals surface area contributed by atoms with Gasteiger partial charge in [0.05, 0.1) is 25.5 Å².